The Morgan fingerprint density at radius 2 is 1.40 bits per heavy atom. The van der Waals surface area contributed by atoms with E-state index in [2.05, 4.69) is 139 Å². The Bertz CT molecular complexity index is 2200. The van der Waals surface area contributed by atoms with E-state index in [0.717, 1.165) is 0 Å². The molecule has 9 rings (SSSR count). The zero-order chi connectivity index (χ0) is 26.4. The minimum Gasteiger partial charge on any atom is -0.309 e. The first-order chi connectivity index (χ1) is 19.8. The second-order valence-electron chi connectivity index (χ2n) is 11.0. The molecule has 0 aliphatic heterocycles. The number of benzene rings is 5. The summed E-state index contributed by atoms with van der Waals surface area (Å²) in [6.45, 7) is 4.48. The number of nitrogens with zero attached hydrogens (tertiary/aromatic N) is 1. The molecule has 0 bridgehead atoms. The number of allylic oxidation sites excluding steroid dienone is 5. The maximum Gasteiger partial charge on any atom is 0.0541 e. The fraction of sp³-hybridized carbons (Fsp3) is 0.0526. The predicted molar refractivity (Wildman–Crippen MR) is 172 cm³/mol. The van der Waals surface area contributed by atoms with Crippen molar-refractivity contribution < 1.29 is 0 Å². The predicted octanol–water partition coefficient (Wildman–Crippen LogP) is 10.5. The highest BCUT2D eigenvalue weighted by Gasteiger charge is 2.37. The van der Waals surface area contributed by atoms with Crippen LogP contribution in [0, 0.1) is 5.92 Å². The number of aromatic nitrogens is 1. The average molecular weight is 528 g/mol. The van der Waals surface area contributed by atoms with E-state index in [9.17, 15) is 0 Å². The lowest BCUT2D eigenvalue weighted by Crippen LogP contribution is -2.09. The van der Waals surface area contributed by atoms with Crippen LogP contribution in [-0.4, -0.2) is 4.57 Å². The van der Waals surface area contributed by atoms with Crippen molar-refractivity contribution in [3.63, 3.8) is 0 Å². The molecule has 2 aliphatic carbocycles. The van der Waals surface area contributed by atoms with E-state index in [4.69, 9.17) is 0 Å². The molecule has 40 heavy (non-hydrogen) atoms. The number of fused-ring (bicyclic) bond motifs is 9. The van der Waals surface area contributed by atoms with Crippen LogP contribution in [-0.2, 0) is 0 Å². The Kier molecular flexibility index (Phi) is 4.53. The molecule has 2 heteroatoms. The maximum atomic E-state index is 4.48. The molecule has 2 aliphatic rings. The molecule has 0 amide bonds. The van der Waals surface area contributed by atoms with E-state index < -0.39 is 0 Å². The van der Waals surface area contributed by atoms with Gasteiger partial charge in [0.2, 0.25) is 0 Å². The minimum atomic E-state index is 0.331. The molecule has 1 nitrogen and oxygen atoms in total. The van der Waals surface area contributed by atoms with E-state index in [1.807, 2.05) is 11.3 Å². The van der Waals surface area contributed by atoms with E-state index in [-0.39, 0.29) is 0 Å². The molecule has 2 atom stereocenters. The summed E-state index contributed by atoms with van der Waals surface area (Å²) in [5.41, 5.74) is 10.4. The first-order valence-electron chi connectivity index (χ1n) is 13.9. The summed E-state index contributed by atoms with van der Waals surface area (Å²) in [6, 6.07) is 40.3. The summed E-state index contributed by atoms with van der Waals surface area (Å²) < 4.78 is 5.06. The fourth-order valence-corrected chi connectivity index (χ4v) is 8.29. The second kappa shape index (κ2) is 8.17. The van der Waals surface area contributed by atoms with Gasteiger partial charge in [-0.3, -0.25) is 0 Å². The fourth-order valence-electron chi connectivity index (χ4n) is 7.17. The van der Waals surface area contributed by atoms with E-state index >= 15 is 0 Å². The largest absolute Gasteiger partial charge is 0.309 e. The summed E-state index contributed by atoms with van der Waals surface area (Å²) in [4.78, 5) is 0. The highest BCUT2D eigenvalue weighted by Crippen LogP contribution is 2.53. The molecular weight excluding hydrogens is 502 g/mol. The third-order valence-corrected chi connectivity index (χ3v) is 10.1. The van der Waals surface area contributed by atoms with Gasteiger partial charge in [0.05, 0.1) is 11.0 Å². The second-order valence-corrected chi connectivity index (χ2v) is 12.1. The van der Waals surface area contributed by atoms with Crippen molar-refractivity contribution in [2.75, 3.05) is 0 Å². The summed E-state index contributed by atoms with van der Waals surface area (Å²) in [7, 11) is 0. The Hall–Kier alpha value is -4.66. The lowest BCUT2D eigenvalue weighted by Gasteiger charge is -2.25. The number of hydrogen-bond donors (Lipinski definition) is 0. The lowest BCUT2D eigenvalue weighted by molar-refractivity contribution is 0.771. The van der Waals surface area contributed by atoms with Crippen LogP contribution in [0.3, 0.4) is 0 Å². The van der Waals surface area contributed by atoms with Gasteiger partial charge in [-0.2, -0.15) is 0 Å². The van der Waals surface area contributed by atoms with Crippen LogP contribution in [0.25, 0.3) is 58.8 Å². The molecule has 0 radical (unpaired) electrons. The van der Waals surface area contributed by atoms with Crippen LogP contribution in [0.4, 0.5) is 0 Å². The Morgan fingerprint density at radius 3 is 2.23 bits per heavy atom. The zero-order valence-corrected chi connectivity index (χ0v) is 22.7. The molecule has 0 fully saturated rings. The SMILES string of the molecule is C=C1c2ccccc2C2C(c3ccc4sc5cc(-n6c7ccccc7c7ccccc76)ccc5c4c3)=CC=CC12. The summed E-state index contributed by atoms with van der Waals surface area (Å²) in [5.74, 6) is 0.666. The highest BCUT2D eigenvalue weighted by atomic mass is 32.1. The average Bonchev–Trinajstić information content (AvgIpc) is 3.64. The molecule has 0 spiro atoms. The van der Waals surface area contributed by atoms with Crippen LogP contribution in [0.1, 0.15) is 22.6 Å². The number of para-hydroxylation sites is 2. The zero-order valence-electron chi connectivity index (χ0n) is 21.8. The van der Waals surface area contributed by atoms with Gasteiger partial charge in [0, 0.05) is 48.5 Å². The first-order valence-corrected chi connectivity index (χ1v) is 14.7. The molecule has 0 saturated carbocycles. The van der Waals surface area contributed by atoms with Crippen molar-refractivity contribution >= 4 is 64.5 Å². The number of thiophene rings is 1. The molecule has 2 heterocycles. The molecule has 5 aromatic carbocycles. The van der Waals surface area contributed by atoms with Gasteiger partial charge in [0.1, 0.15) is 0 Å². The van der Waals surface area contributed by atoms with Crippen LogP contribution in [0.15, 0.2) is 134 Å². The van der Waals surface area contributed by atoms with Gasteiger partial charge in [0.25, 0.3) is 0 Å². The molecule has 7 aromatic rings. The van der Waals surface area contributed by atoms with Crippen molar-refractivity contribution in [3.05, 3.63) is 151 Å². The van der Waals surface area contributed by atoms with E-state index in [0.29, 0.717) is 11.8 Å². The molecule has 2 unspecified atom stereocenters. The van der Waals surface area contributed by atoms with Gasteiger partial charge in [0.15, 0.2) is 0 Å². The molecule has 0 N–H and O–H groups in total. The van der Waals surface area contributed by atoms with Crippen LogP contribution < -0.4 is 0 Å². The van der Waals surface area contributed by atoms with Crippen molar-refractivity contribution in [2.24, 2.45) is 5.92 Å². The number of rotatable bonds is 2. The topological polar surface area (TPSA) is 4.93 Å². The van der Waals surface area contributed by atoms with Gasteiger partial charge < -0.3 is 4.57 Å². The van der Waals surface area contributed by atoms with Crippen molar-refractivity contribution in [2.45, 2.75) is 5.92 Å². The quantitative estimate of drug-likeness (QED) is 0.211. The first kappa shape index (κ1) is 22.2. The third-order valence-electron chi connectivity index (χ3n) is 8.96. The Balaban J connectivity index is 1.20. The van der Waals surface area contributed by atoms with Gasteiger partial charge in [-0.25, -0.2) is 0 Å². The summed E-state index contributed by atoms with van der Waals surface area (Å²) >= 11 is 1.89. The normalized spacial score (nSPS) is 18.1. The van der Waals surface area contributed by atoms with Crippen LogP contribution in [0.5, 0.6) is 0 Å². The monoisotopic (exact) mass is 527 g/mol. The molecule has 188 valence electrons. The Labute approximate surface area is 236 Å². The van der Waals surface area contributed by atoms with Crippen LogP contribution in [0.2, 0.25) is 0 Å². The minimum absolute atomic E-state index is 0.331. The maximum absolute atomic E-state index is 4.48. The van der Waals surface area contributed by atoms with E-state index in [1.165, 1.54) is 75.5 Å². The van der Waals surface area contributed by atoms with Gasteiger partial charge in [-0.05, 0) is 64.2 Å². The van der Waals surface area contributed by atoms with Gasteiger partial charge in [-0.15, -0.1) is 11.3 Å². The van der Waals surface area contributed by atoms with Crippen molar-refractivity contribution in [3.8, 4) is 5.69 Å². The third kappa shape index (κ3) is 2.97. The highest BCUT2D eigenvalue weighted by molar-refractivity contribution is 7.25. The van der Waals surface area contributed by atoms with Gasteiger partial charge in [-0.1, -0.05) is 97.6 Å². The summed E-state index contributed by atoms with van der Waals surface area (Å²) in [6.07, 6.45) is 6.86. The smallest absolute Gasteiger partial charge is 0.0541 e. The van der Waals surface area contributed by atoms with E-state index in [1.54, 1.807) is 0 Å². The van der Waals surface area contributed by atoms with Gasteiger partial charge >= 0.3 is 0 Å². The molecule has 2 aromatic heterocycles. The Morgan fingerprint density at radius 1 is 0.650 bits per heavy atom. The molecule has 0 saturated heterocycles. The standard InChI is InChI=1S/C38H25NS/c1-23-26-9-2-3-12-32(26)38-27(23)13-8-14-28(38)24-17-20-36-33(21-24)31-19-18-25(22-37(31)40-36)39-34-15-6-4-10-29(34)30-11-5-7-16-35(30)39/h2-22,27,38H,1H2. The molecular formula is C38H25NS. The van der Waals surface area contributed by atoms with Crippen molar-refractivity contribution in [1.82, 2.24) is 4.57 Å². The van der Waals surface area contributed by atoms with Crippen LogP contribution >= 0.6 is 11.3 Å². The lowest BCUT2D eigenvalue weighted by atomic mass is 9.78. The van der Waals surface area contributed by atoms with Crippen molar-refractivity contribution in [1.29, 1.82) is 0 Å². The number of hydrogen-bond acceptors (Lipinski definition) is 1. The summed E-state index contributed by atoms with van der Waals surface area (Å²) in [5, 5.41) is 5.25.